The van der Waals surface area contributed by atoms with E-state index in [0.29, 0.717) is 5.41 Å². The van der Waals surface area contributed by atoms with Crippen molar-refractivity contribution < 1.29 is 0 Å². The zero-order chi connectivity index (χ0) is 8.65. The van der Waals surface area contributed by atoms with Crippen molar-refractivity contribution in [2.24, 2.45) is 17.3 Å². The van der Waals surface area contributed by atoms with Crippen LogP contribution in [0.4, 0.5) is 0 Å². The Bertz CT molecular complexity index is 165. The maximum absolute atomic E-state index is 4.20. The third-order valence-corrected chi connectivity index (χ3v) is 3.69. The molecule has 0 saturated heterocycles. The van der Waals surface area contributed by atoms with Crippen LogP contribution in [-0.2, 0) is 0 Å². The van der Waals surface area contributed by atoms with Crippen LogP contribution in [0.25, 0.3) is 0 Å². The first-order valence-corrected chi connectivity index (χ1v) is 4.65. The standard InChI is InChI=1S/C11H20/c1-8-6-7-9(2)11(4,5)10(8)3/h8-9H,3,6-7H2,1-2,4-5H3/t8-,9-/m1/s1. The minimum absolute atomic E-state index is 0.373. The molecule has 11 heavy (non-hydrogen) atoms. The summed E-state index contributed by atoms with van der Waals surface area (Å²) in [4.78, 5) is 0. The van der Waals surface area contributed by atoms with Gasteiger partial charge in [-0.2, -0.15) is 0 Å². The summed E-state index contributed by atoms with van der Waals surface area (Å²) >= 11 is 0. The van der Waals surface area contributed by atoms with Crippen LogP contribution in [0.3, 0.4) is 0 Å². The fourth-order valence-corrected chi connectivity index (χ4v) is 1.99. The zero-order valence-corrected chi connectivity index (χ0v) is 8.28. The van der Waals surface area contributed by atoms with Gasteiger partial charge in [-0.25, -0.2) is 0 Å². The number of rotatable bonds is 0. The van der Waals surface area contributed by atoms with Gasteiger partial charge in [0.25, 0.3) is 0 Å². The van der Waals surface area contributed by atoms with Crippen LogP contribution in [0, 0.1) is 17.3 Å². The van der Waals surface area contributed by atoms with Crippen molar-refractivity contribution in [1.82, 2.24) is 0 Å². The lowest BCUT2D eigenvalue weighted by molar-refractivity contribution is 0.196. The van der Waals surface area contributed by atoms with Crippen LogP contribution in [0.15, 0.2) is 12.2 Å². The molecular weight excluding hydrogens is 132 g/mol. The van der Waals surface area contributed by atoms with E-state index in [1.54, 1.807) is 0 Å². The molecule has 64 valence electrons. The largest absolute Gasteiger partial charge is 0.0990 e. The summed E-state index contributed by atoms with van der Waals surface area (Å²) in [5.74, 6) is 1.55. The quantitative estimate of drug-likeness (QED) is 0.465. The molecule has 0 heteroatoms. The Morgan fingerprint density at radius 3 is 2.27 bits per heavy atom. The molecule has 0 nitrogen and oxygen atoms in total. The van der Waals surface area contributed by atoms with Gasteiger partial charge in [0.15, 0.2) is 0 Å². The van der Waals surface area contributed by atoms with E-state index in [9.17, 15) is 0 Å². The molecule has 0 aromatic carbocycles. The van der Waals surface area contributed by atoms with Crippen molar-refractivity contribution in [2.75, 3.05) is 0 Å². The van der Waals surface area contributed by atoms with Gasteiger partial charge in [-0.15, -0.1) is 0 Å². The van der Waals surface area contributed by atoms with Crippen LogP contribution in [0.5, 0.6) is 0 Å². The van der Waals surface area contributed by atoms with Gasteiger partial charge in [0, 0.05) is 0 Å². The van der Waals surface area contributed by atoms with Crippen molar-refractivity contribution in [3.05, 3.63) is 12.2 Å². The van der Waals surface area contributed by atoms with E-state index in [4.69, 9.17) is 0 Å². The molecule has 0 amide bonds. The van der Waals surface area contributed by atoms with Gasteiger partial charge in [0.05, 0.1) is 0 Å². The fraction of sp³-hybridized carbons (Fsp3) is 0.818. The second-order valence-electron chi connectivity index (χ2n) is 4.63. The Labute approximate surface area is 70.7 Å². The van der Waals surface area contributed by atoms with Crippen molar-refractivity contribution in [1.29, 1.82) is 0 Å². The van der Waals surface area contributed by atoms with Crippen LogP contribution in [-0.4, -0.2) is 0 Å². The Hall–Kier alpha value is -0.260. The van der Waals surface area contributed by atoms with Crippen LogP contribution in [0.1, 0.15) is 40.5 Å². The van der Waals surface area contributed by atoms with Gasteiger partial charge in [-0.3, -0.25) is 0 Å². The number of hydrogen-bond acceptors (Lipinski definition) is 0. The number of hydrogen-bond donors (Lipinski definition) is 0. The van der Waals surface area contributed by atoms with E-state index in [1.807, 2.05) is 0 Å². The maximum Gasteiger partial charge on any atom is -0.0119 e. The predicted molar refractivity (Wildman–Crippen MR) is 50.5 cm³/mol. The second-order valence-corrected chi connectivity index (χ2v) is 4.63. The molecule has 0 heterocycles. The van der Waals surface area contributed by atoms with E-state index in [1.165, 1.54) is 18.4 Å². The van der Waals surface area contributed by atoms with Crippen LogP contribution in [0.2, 0.25) is 0 Å². The topological polar surface area (TPSA) is 0 Å². The lowest BCUT2D eigenvalue weighted by Gasteiger charge is -2.42. The van der Waals surface area contributed by atoms with Crippen molar-refractivity contribution in [3.8, 4) is 0 Å². The summed E-state index contributed by atoms with van der Waals surface area (Å²) in [5.41, 5.74) is 1.83. The highest BCUT2D eigenvalue weighted by atomic mass is 14.4. The lowest BCUT2D eigenvalue weighted by Crippen LogP contribution is -2.31. The first kappa shape index (κ1) is 8.83. The third-order valence-electron chi connectivity index (χ3n) is 3.69. The SMILES string of the molecule is C=C1[C@H](C)CC[C@@H](C)C1(C)C. The van der Waals surface area contributed by atoms with Crippen LogP contribution < -0.4 is 0 Å². The summed E-state index contributed by atoms with van der Waals surface area (Å²) in [7, 11) is 0. The van der Waals surface area contributed by atoms with E-state index < -0.39 is 0 Å². The predicted octanol–water partition coefficient (Wildman–Crippen LogP) is 3.63. The molecule has 0 bridgehead atoms. The summed E-state index contributed by atoms with van der Waals surface area (Å²) in [6.45, 7) is 13.5. The monoisotopic (exact) mass is 152 g/mol. The Balaban J connectivity index is 2.81. The van der Waals surface area contributed by atoms with Crippen molar-refractivity contribution in [2.45, 2.75) is 40.5 Å². The van der Waals surface area contributed by atoms with Crippen LogP contribution >= 0.6 is 0 Å². The molecule has 0 unspecified atom stereocenters. The van der Waals surface area contributed by atoms with Gasteiger partial charge in [0.2, 0.25) is 0 Å². The zero-order valence-electron chi connectivity index (χ0n) is 8.28. The summed E-state index contributed by atoms with van der Waals surface area (Å²) in [5, 5.41) is 0. The second kappa shape index (κ2) is 2.66. The average Bonchev–Trinajstić information content (AvgIpc) is 1.95. The summed E-state index contributed by atoms with van der Waals surface area (Å²) in [6, 6.07) is 0. The van der Waals surface area contributed by atoms with E-state index in [-0.39, 0.29) is 0 Å². The summed E-state index contributed by atoms with van der Waals surface area (Å²) < 4.78 is 0. The Morgan fingerprint density at radius 2 is 1.82 bits per heavy atom. The fourth-order valence-electron chi connectivity index (χ4n) is 1.99. The summed E-state index contributed by atoms with van der Waals surface area (Å²) in [6.07, 6.45) is 2.70. The minimum Gasteiger partial charge on any atom is -0.0990 e. The molecule has 0 aromatic rings. The Kier molecular flexibility index (Phi) is 2.13. The van der Waals surface area contributed by atoms with Crippen molar-refractivity contribution >= 4 is 0 Å². The van der Waals surface area contributed by atoms with Gasteiger partial charge >= 0.3 is 0 Å². The van der Waals surface area contributed by atoms with Gasteiger partial charge in [0.1, 0.15) is 0 Å². The van der Waals surface area contributed by atoms with E-state index in [2.05, 4.69) is 34.3 Å². The van der Waals surface area contributed by atoms with E-state index in [0.717, 1.165) is 11.8 Å². The molecule has 1 saturated carbocycles. The molecule has 1 aliphatic rings. The van der Waals surface area contributed by atoms with Gasteiger partial charge in [-0.05, 0) is 30.1 Å². The molecule has 0 radical (unpaired) electrons. The number of allylic oxidation sites excluding steroid dienone is 1. The third kappa shape index (κ3) is 1.36. The Morgan fingerprint density at radius 1 is 1.27 bits per heavy atom. The van der Waals surface area contributed by atoms with Crippen molar-refractivity contribution in [3.63, 3.8) is 0 Å². The molecular formula is C11H20. The molecule has 0 aliphatic heterocycles. The van der Waals surface area contributed by atoms with E-state index >= 15 is 0 Å². The minimum atomic E-state index is 0.373. The smallest absolute Gasteiger partial charge is 0.0119 e. The molecule has 1 aliphatic carbocycles. The molecule has 2 atom stereocenters. The molecule has 1 rings (SSSR count). The molecule has 1 fully saturated rings. The highest BCUT2D eigenvalue weighted by Gasteiger charge is 2.35. The maximum atomic E-state index is 4.20. The van der Waals surface area contributed by atoms with Gasteiger partial charge in [-0.1, -0.05) is 39.8 Å². The highest BCUT2D eigenvalue weighted by molar-refractivity contribution is 5.14. The normalized spacial score (nSPS) is 37.3. The average molecular weight is 152 g/mol. The first-order chi connectivity index (χ1) is 4.96. The highest BCUT2D eigenvalue weighted by Crippen LogP contribution is 2.45. The molecule has 0 aromatic heterocycles. The van der Waals surface area contributed by atoms with Gasteiger partial charge < -0.3 is 0 Å². The first-order valence-electron chi connectivity index (χ1n) is 4.65. The lowest BCUT2D eigenvalue weighted by atomic mass is 9.63. The molecule has 0 spiro atoms. The molecule has 0 N–H and O–H groups in total.